The summed E-state index contributed by atoms with van der Waals surface area (Å²) in [5, 5.41) is 4.80. The van der Waals surface area contributed by atoms with Gasteiger partial charge in [0.2, 0.25) is 0 Å². The van der Waals surface area contributed by atoms with E-state index in [9.17, 15) is 0 Å². The van der Waals surface area contributed by atoms with Crippen LogP contribution in [0.1, 0.15) is 12.8 Å². The Morgan fingerprint density at radius 2 is 2.11 bits per heavy atom. The average molecular weight is 400 g/mol. The van der Waals surface area contributed by atoms with Gasteiger partial charge in [-0.25, -0.2) is 19.9 Å². The molecular weight excluding hydrogens is 382 g/mol. The number of hydrogen-bond donors (Lipinski definition) is 2. The standard InChI is InChI=1S/C18H18ClN7S/c19-16-13(5-6-21-17(16)20)27-15-4-3-12-18(25-15)23-8-14(24-12)26-9-10-1-2-11(26)7-22-10/h3-6,8,10-11,22H,1-2,7,9H2,(H2,20,21)/t10-,11+/m1/s1. The summed E-state index contributed by atoms with van der Waals surface area (Å²) < 4.78 is 0. The minimum Gasteiger partial charge on any atom is -0.382 e. The topological polar surface area (TPSA) is 92.8 Å². The predicted octanol–water partition coefficient (Wildman–Crippen LogP) is 2.75. The van der Waals surface area contributed by atoms with Crippen LogP contribution >= 0.6 is 23.4 Å². The zero-order chi connectivity index (χ0) is 18.4. The van der Waals surface area contributed by atoms with Crippen molar-refractivity contribution in [2.75, 3.05) is 23.7 Å². The molecule has 0 saturated carbocycles. The van der Waals surface area contributed by atoms with Crippen LogP contribution in [-0.4, -0.2) is 45.1 Å². The Labute approximate surface area is 165 Å². The molecule has 6 heterocycles. The van der Waals surface area contributed by atoms with E-state index in [4.69, 9.17) is 22.3 Å². The second kappa shape index (κ2) is 6.78. The summed E-state index contributed by atoms with van der Waals surface area (Å²) >= 11 is 7.66. The lowest BCUT2D eigenvalue weighted by atomic mass is 9.93. The summed E-state index contributed by atoms with van der Waals surface area (Å²) in [5.74, 6) is 1.25. The first-order valence-electron chi connectivity index (χ1n) is 8.89. The van der Waals surface area contributed by atoms with Crippen molar-refractivity contribution in [3.8, 4) is 0 Å². The first kappa shape index (κ1) is 17.0. The maximum absolute atomic E-state index is 6.22. The number of rotatable bonds is 3. The third-order valence-electron chi connectivity index (χ3n) is 5.10. The smallest absolute Gasteiger partial charge is 0.179 e. The van der Waals surface area contributed by atoms with E-state index in [1.54, 1.807) is 6.20 Å². The van der Waals surface area contributed by atoms with Crippen molar-refractivity contribution in [2.24, 2.45) is 0 Å². The second-order valence-corrected chi connectivity index (χ2v) is 8.26. The van der Waals surface area contributed by atoms with Gasteiger partial charge in [-0.3, -0.25) is 0 Å². The quantitative estimate of drug-likeness (QED) is 0.694. The predicted molar refractivity (Wildman–Crippen MR) is 107 cm³/mol. The van der Waals surface area contributed by atoms with Gasteiger partial charge in [0, 0.05) is 36.3 Å². The number of piperazine rings is 1. The van der Waals surface area contributed by atoms with Gasteiger partial charge in [0.1, 0.15) is 22.2 Å². The van der Waals surface area contributed by atoms with Gasteiger partial charge < -0.3 is 16.0 Å². The third kappa shape index (κ3) is 3.18. The highest BCUT2D eigenvalue weighted by Crippen LogP contribution is 2.35. The van der Waals surface area contributed by atoms with E-state index in [0.29, 0.717) is 28.6 Å². The number of pyridine rings is 2. The molecule has 7 nitrogen and oxygen atoms in total. The van der Waals surface area contributed by atoms with Crippen LogP contribution in [0.3, 0.4) is 0 Å². The molecule has 27 heavy (non-hydrogen) atoms. The normalized spacial score (nSPS) is 21.7. The molecular formula is C18H18ClN7S. The number of fused-ring (bicyclic) bond motifs is 4. The number of halogens is 1. The molecule has 0 unspecified atom stereocenters. The van der Waals surface area contributed by atoms with Gasteiger partial charge in [-0.15, -0.1) is 0 Å². The molecule has 3 N–H and O–H groups in total. The Bertz CT molecular complexity index is 1010. The molecule has 3 saturated heterocycles. The minimum atomic E-state index is 0.317. The van der Waals surface area contributed by atoms with Crippen LogP contribution in [0.4, 0.5) is 11.6 Å². The monoisotopic (exact) mass is 399 g/mol. The van der Waals surface area contributed by atoms with Gasteiger partial charge in [0.25, 0.3) is 0 Å². The number of nitrogens with two attached hydrogens (primary N) is 1. The molecule has 3 aliphatic heterocycles. The molecule has 0 aliphatic carbocycles. The minimum absolute atomic E-state index is 0.317. The Balaban J connectivity index is 1.42. The van der Waals surface area contributed by atoms with Crippen LogP contribution in [0.2, 0.25) is 5.02 Å². The van der Waals surface area contributed by atoms with Crippen LogP contribution < -0.4 is 16.0 Å². The van der Waals surface area contributed by atoms with E-state index in [-0.39, 0.29) is 0 Å². The molecule has 2 atom stereocenters. The Kier molecular flexibility index (Phi) is 4.26. The zero-order valence-electron chi connectivity index (χ0n) is 14.5. The number of nitrogens with zero attached hydrogens (tertiary/aromatic N) is 5. The fraction of sp³-hybridized carbons (Fsp3) is 0.333. The Morgan fingerprint density at radius 1 is 1.19 bits per heavy atom. The van der Waals surface area contributed by atoms with Crippen molar-refractivity contribution >= 4 is 46.2 Å². The maximum atomic E-state index is 6.22. The van der Waals surface area contributed by atoms with Crippen molar-refractivity contribution in [1.29, 1.82) is 0 Å². The average Bonchev–Trinajstić information content (AvgIpc) is 2.72. The molecule has 3 aromatic heterocycles. The highest BCUT2D eigenvalue weighted by atomic mass is 35.5. The Hall–Kier alpha value is -2.16. The SMILES string of the molecule is Nc1nccc(Sc2ccc3nc(N4C[C@H]5CC[C@H]4CN5)cnc3n2)c1Cl. The number of nitrogens with one attached hydrogen (secondary N) is 1. The summed E-state index contributed by atoms with van der Waals surface area (Å²) in [6, 6.07) is 6.78. The highest BCUT2D eigenvalue weighted by Gasteiger charge is 2.34. The molecule has 0 radical (unpaired) electrons. The fourth-order valence-corrected chi connectivity index (χ4v) is 4.74. The zero-order valence-corrected chi connectivity index (χ0v) is 16.0. The van der Waals surface area contributed by atoms with Crippen molar-refractivity contribution in [3.63, 3.8) is 0 Å². The molecule has 0 amide bonds. The third-order valence-corrected chi connectivity index (χ3v) is 6.61. The first-order chi connectivity index (χ1) is 13.2. The summed E-state index contributed by atoms with van der Waals surface area (Å²) in [6.07, 6.45) is 5.92. The van der Waals surface area contributed by atoms with Gasteiger partial charge in [-0.05, 0) is 31.0 Å². The lowest BCUT2D eigenvalue weighted by Crippen LogP contribution is -2.61. The van der Waals surface area contributed by atoms with Crippen molar-refractivity contribution in [2.45, 2.75) is 34.8 Å². The maximum Gasteiger partial charge on any atom is 0.179 e. The summed E-state index contributed by atoms with van der Waals surface area (Å²) in [6.45, 7) is 2.02. The largest absolute Gasteiger partial charge is 0.382 e. The van der Waals surface area contributed by atoms with Gasteiger partial charge in [-0.1, -0.05) is 23.4 Å². The second-order valence-electron chi connectivity index (χ2n) is 6.82. The van der Waals surface area contributed by atoms with E-state index in [1.165, 1.54) is 24.6 Å². The number of nitrogen functional groups attached to an aromatic ring is 1. The summed E-state index contributed by atoms with van der Waals surface area (Å²) in [4.78, 5) is 21.2. The van der Waals surface area contributed by atoms with Gasteiger partial charge in [-0.2, -0.15) is 0 Å². The van der Waals surface area contributed by atoms with Crippen LogP contribution in [0.5, 0.6) is 0 Å². The molecule has 0 spiro atoms. The summed E-state index contributed by atoms with van der Waals surface area (Å²) in [7, 11) is 0. The van der Waals surface area contributed by atoms with Gasteiger partial charge >= 0.3 is 0 Å². The first-order valence-corrected chi connectivity index (χ1v) is 10.1. The number of anilines is 2. The molecule has 9 heteroatoms. The van der Waals surface area contributed by atoms with Crippen LogP contribution in [0.15, 0.2) is 40.5 Å². The van der Waals surface area contributed by atoms with E-state index >= 15 is 0 Å². The van der Waals surface area contributed by atoms with E-state index in [2.05, 4.69) is 25.2 Å². The van der Waals surface area contributed by atoms with Crippen molar-refractivity contribution in [1.82, 2.24) is 25.3 Å². The number of hydrogen-bond acceptors (Lipinski definition) is 8. The van der Waals surface area contributed by atoms with E-state index in [1.807, 2.05) is 24.4 Å². The summed E-state index contributed by atoms with van der Waals surface area (Å²) in [5.41, 5.74) is 7.19. The molecule has 3 fully saturated rings. The molecule has 0 aromatic carbocycles. The molecule has 3 aliphatic rings. The molecule has 3 aromatic rings. The number of aromatic nitrogens is 4. The molecule has 138 valence electrons. The lowest BCUT2D eigenvalue weighted by molar-refractivity contribution is 0.289. The van der Waals surface area contributed by atoms with Crippen LogP contribution in [-0.2, 0) is 0 Å². The van der Waals surface area contributed by atoms with E-state index < -0.39 is 0 Å². The molecule has 6 rings (SSSR count). The number of piperidine rings is 2. The van der Waals surface area contributed by atoms with Crippen LogP contribution in [0, 0.1) is 0 Å². The van der Waals surface area contributed by atoms with Gasteiger partial charge in [0.15, 0.2) is 5.65 Å². The fourth-order valence-electron chi connectivity index (χ4n) is 3.69. The lowest BCUT2D eigenvalue weighted by Gasteiger charge is -2.46. The van der Waals surface area contributed by atoms with Crippen molar-refractivity contribution in [3.05, 3.63) is 35.6 Å². The van der Waals surface area contributed by atoms with E-state index in [0.717, 1.165) is 34.3 Å². The van der Waals surface area contributed by atoms with Gasteiger partial charge in [0.05, 0.1) is 11.2 Å². The van der Waals surface area contributed by atoms with Crippen molar-refractivity contribution < 1.29 is 0 Å². The Morgan fingerprint density at radius 3 is 2.89 bits per heavy atom. The highest BCUT2D eigenvalue weighted by molar-refractivity contribution is 7.99. The molecule has 2 bridgehead atoms. The van der Waals surface area contributed by atoms with Crippen LogP contribution in [0.25, 0.3) is 11.2 Å².